The van der Waals surface area contributed by atoms with E-state index < -0.39 is 0 Å². The van der Waals surface area contributed by atoms with Gasteiger partial charge in [-0.3, -0.25) is 14.7 Å². The van der Waals surface area contributed by atoms with Crippen LogP contribution in [-0.4, -0.2) is 28.7 Å². The number of hydrogen-bond acceptors (Lipinski definition) is 6. The largest absolute Gasteiger partial charge is 0.497 e. The van der Waals surface area contributed by atoms with Crippen molar-refractivity contribution in [2.24, 2.45) is 0 Å². The van der Waals surface area contributed by atoms with Crippen LogP contribution in [0.25, 0.3) is 10.2 Å². The third-order valence-corrected chi connectivity index (χ3v) is 6.60. The number of thiazole rings is 1. The quantitative estimate of drug-likeness (QED) is 0.346. The molecular formula is C23H21N3O2S2. The van der Waals surface area contributed by atoms with E-state index in [0.717, 1.165) is 31.6 Å². The number of ether oxygens (including phenoxy) is 1. The fraction of sp³-hybridized carbons (Fsp3) is 0.174. The minimum atomic E-state index is 0.0546. The molecule has 1 amide bonds. The van der Waals surface area contributed by atoms with E-state index in [9.17, 15) is 4.79 Å². The summed E-state index contributed by atoms with van der Waals surface area (Å²) in [6.07, 6.45) is 3.95. The monoisotopic (exact) mass is 435 g/mol. The van der Waals surface area contributed by atoms with Crippen molar-refractivity contribution in [2.45, 2.75) is 17.9 Å². The lowest BCUT2D eigenvalue weighted by Gasteiger charge is -2.20. The Hall–Kier alpha value is -2.90. The Bertz CT molecular complexity index is 1080. The van der Waals surface area contributed by atoms with Crippen molar-refractivity contribution in [2.75, 3.05) is 17.8 Å². The first-order valence-electron chi connectivity index (χ1n) is 9.54. The summed E-state index contributed by atoms with van der Waals surface area (Å²) < 4.78 is 6.27. The molecule has 0 unspecified atom stereocenters. The summed E-state index contributed by atoms with van der Waals surface area (Å²) in [4.78, 5) is 24.9. The van der Waals surface area contributed by atoms with Gasteiger partial charge in [0.25, 0.3) is 0 Å². The maximum atomic E-state index is 13.2. The van der Waals surface area contributed by atoms with Gasteiger partial charge in [-0.05, 0) is 48.0 Å². The van der Waals surface area contributed by atoms with Crippen LogP contribution in [0.1, 0.15) is 12.0 Å². The van der Waals surface area contributed by atoms with Crippen LogP contribution in [0.5, 0.6) is 5.75 Å². The van der Waals surface area contributed by atoms with E-state index >= 15 is 0 Å². The second-order valence-electron chi connectivity index (χ2n) is 6.58. The van der Waals surface area contributed by atoms with Gasteiger partial charge in [-0.15, -0.1) is 11.8 Å². The number of amides is 1. The van der Waals surface area contributed by atoms with E-state index in [2.05, 4.69) is 4.98 Å². The predicted octanol–water partition coefficient (Wildman–Crippen LogP) is 5.42. The summed E-state index contributed by atoms with van der Waals surface area (Å²) in [6, 6.07) is 19.7. The Balaban J connectivity index is 1.48. The highest BCUT2D eigenvalue weighted by atomic mass is 32.2. The van der Waals surface area contributed by atoms with Gasteiger partial charge in [0.05, 0.1) is 23.9 Å². The summed E-state index contributed by atoms with van der Waals surface area (Å²) in [5, 5.41) is 0.722. The fourth-order valence-electron chi connectivity index (χ4n) is 2.98. The molecule has 0 spiro atoms. The Morgan fingerprint density at radius 2 is 1.93 bits per heavy atom. The average molecular weight is 436 g/mol. The minimum absolute atomic E-state index is 0.0546. The van der Waals surface area contributed by atoms with E-state index in [4.69, 9.17) is 9.72 Å². The Morgan fingerprint density at radius 3 is 2.67 bits per heavy atom. The van der Waals surface area contributed by atoms with Crippen LogP contribution in [0.3, 0.4) is 0 Å². The topological polar surface area (TPSA) is 55.3 Å². The van der Waals surface area contributed by atoms with Gasteiger partial charge in [-0.1, -0.05) is 29.5 Å². The van der Waals surface area contributed by atoms with Crippen LogP contribution >= 0.6 is 23.1 Å². The molecule has 0 aliphatic heterocycles. The number of anilines is 1. The van der Waals surface area contributed by atoms with Crippen molar-refractivity contribution in [3.8, 4) is 5.75 Å². The zero-order valence-electron chi connectivity index (χ0n) is 16.5. The summed E-state index contributed by atoms with van der Waals surface area (Å²) >= 11 is 3.20. The van der Waals surface area contributed by atoms with Gasteiger partial charge in [0.2, 0.25) is 5.91 Å². The molecule has 0 atom stereocenters. The molecule has 0 N–H and O–H groups in total. The van der Waals surface area contributed by atoms with Crippen LogP contribution < -0.4 is 9.64 Å². The molecule has 2 aromatic carbocycles. The van der Waals surface area contributed by atoms with Gasteiger partial charge in [0, 0.05) is 29.5 Å². The van der Waals surface area contributed by atoms with Gasteiger partial charge >= 0.3 is 0 Å². The number of carbonyl (C=O) groups is 1. The number of benzene rings is 2. The highest BCUT2D eigenvalue weighted by molar-refractivity contribution is 7.99. The third-order valence-electron chi connectivity index (χ3n) is 4.52. The highest BCUT2D eigenvalue weighted by Crippen LogP contribution is 2.30. The summed E-state index contributed by atoms with van der Waals surface area (Å²) in [7, 11) is 1.65. The number of hydrogen-bond donors (Lipinski definition) is 0. The number of para-hydroxylation sites is 1. The van der Waals surface area contributed by atoms with Gasteiger partial charge in [0.1, 0.15) is 5.75 Å². The van der Waals surface area contributed by atoms with Crippen molar-refractivity contribution >= 4 is 44.4 Å². The molecule has 0 saturated carbocycles. The van der Waals surface area contributed by atoms with Crippen LogP contribution in [0.2, 0.25) is 0 Å². The lowest BCUT2D eigenvalue weighted by Crippen LogP contribution is -2.30. The Morgan fingerprint density at radius 1 is 1.10 bits per heavy atom. The third kappa shape index (κ3) is 4.98. The molecule has 0 aliphatic rings. The first-order valence-corrected chi connectivity index (χ1v) is 11.3. The molecule has 30 heavy (non-hydrogen) atoms. The van der Waals surface area contributed by atoms with E-state index in [1.807, 2.05) is 60.7 Å². The molecule has 7 heteroatoms. The van der Waals surface area contributed by atoms with Crippen LogP contribution in [0.4, 0.5) is 5.13 Å². The van der Waals surface area contributed by atoms with Crippen molar-refractivity contribution < 1.29 is 9.53 Å². The molecule has 5 nitrogen and oxygen atoms in total. The van der Waals surface area contributed by atoms with Gasteiger partial charge in [-0.25, -0.2) is 4.98 Å². The second kappa shape index (κ2) is 9.73. The molecule has 0 bridgehead atoms. The molecule has 152 valence electrons. The van der Waals surface area contributed by atoms with E-state index in [1.54, 1.807) is 36.2 Å². The SMILES string of the molecule is COc1ccc(SCCC(=O)N(Cc2cccnc2)c2nc3ccccc3s2)cc1. The second-order valence-corrected chi connectivity index (χ2v) is 8.76. The van der Waals surface area contributed by atoms with Gasteiger partial charge in [0.15, 0.2) is 5.13 Å². The normalized spacial score (nSPS) is 10.8. The fourth-order valence-corrected chi connectivity index (χ4v) is 4.80. The van der Waals surface area contributed by atoms with Crippen LogP contribution in [-0.2, 0) is 11.3 Å². The van der Waals surface area contributed by atoms with Crippen LogP contribution in [0, 0.1) is 0 Å². The first kappa shape index (κ1) is 20.4. The number of aromatic nitrogens is 2. The van der Waals surface area contributed by atoms with E-state index in [0.29, 0.717) is 18.7 Å². The molecule has 4 rings (SSSR count). The number of methoxy groups -OCH3 is 1. The first-order chi connectivity index (χ1) is 14.7. The Labute approximate surface area is 183 Å². The summed E-state index contributed by atoms with van der Waals surface area (Å²) in [5.74, 6) is 1.58. The van der Waals surface area contributed by atoms with Gasteiger partial charge in [-0.2, -0.15) is 0 Å². The maximum Gasteiger partial charge on any atom is 0.229 e. The Kier molecular flexibility index (Phi) is 6.61. The van der Waals surface area contributed by atoms with Crippen molar-refractivity contribution in [1.82, 2.24) is 9.97 Å². The zero-order valence-corrected chi connectivity index (χ0v) is 18.2. The number of pyridine rings is 1. The number of rotatable bonds is 8. The summed E-state index contributed by atoms with van der Waals surface area (Å²) in [5.41, 5.74) is 1.89. The standard InChI is InChI=1S/C23H21N3O2S2/c1-28-18-8-10-19(11-9-18)29-14-12-22(27)26(16-17-5-4-13-24-15-17)23-25-20-6-2-3-7-21(20)30-23/h2-11,13,15H,12,14,16H2,1H3. The zero-order chi connectivity index (χ0) is 20.8. The molecule has 4 aromatic rings. The lowest BCUT2D eigenvalue weighted by molar-refractivity contribution is -0.118. The molecule has 0 saturated heterocycles. The number of thioether (sulfide) groups is 1. The van der Waals surface area contributed by atoms with E-state index in [-0.39, 0.29) is 5.91 Å². The van der Waals surface area contributed by atoms with Gasteiger partial charge < -0.3 is 4.74 Å². The summed E-state index contributed by atoms with van der Waals surface area (Å²) in [6.45, 7) is 0.458. The van der Waals surface area contributed by atoms with E-state index in [1.165, 1.54) is 11.3 Å². The molecule has 0 aliphatic carbocycles. The minimum Gasteiger partial charge on any atom is -0.497 e. The number of fused-ring (bicyclic) bond motifs is 1. The molecule has 0 radical (unpaired) electrons. The van der Waals surface area contributed by atoms with Crippen molar-refractivity contribution in [1.29, 1.82) is 0 Å². The smallest absolute Gasteiger partial charge is 0.229 e. The molecule has 2 aromatic heterocycles. The predicted molar refractivity (Wildman–Crippen MR) is 123 cm³/mol. The lowest BCUT2D eigenvalue weighted by atomic mass is 10.2. The maximum absolute atomic E-state index is 13.2. The van der Waals surface area contributed by atoms with Crippen molar-refractivity contribution in [3.63, 3.8) is 0 Å². The number of carbonyl (C=O) groups excluding carboxylic acids is 1. The van der Waals surface area contributed by atoms with Crippen LogP contribution in [0.15, 0.2) is 78.0 Å². The molecule has 2 heterocycles. The average Bonchev–Trinajstić information content (AvgIpc) is 3.22. The molecular weight excluding hydrogens is 414 g/mol. The highest BCUT2D eigenvalue weighted by Gasteiger charge is 2.20. The number of nitrogens with zero attached hydrogens (tertiary/aromatic N) is 3. The molecule has 0 fully saturated rings. The van der Waals surface area contributed by atoms with Crippen molar-refractivity contribution in [3.05, 3.63) is 78.6 Å².